The number of nitrogens with one attached hydrogen (secondary N) is 1. The van der Waals surface area contributed by atoms with Crippen LogP contribution in [-0.2, 0) is 17.8 Å². The molecule has 11 heteroatoms. The summed E-state index contributed by atoms with van der Waals surface area (Å²) in [4.78, 5) is 48.7. The van der Waals surface area contributed by atoms with Gasteiger partial charge in [0, 0.05) is 56.9 Å². The minimum atomic E-state index is -0.858. The molecule has 2 fully saturated rings. The molecule has 2 aromatic heterocycles. The lowest BCUT2D eigenvalue weighted by Crippen LogP contribution is -2.54. The molecule has 10 nitrogen and oxygen atoms in total. The number of piperidine rings is 1. The minimum absolute atomic E-state index is 0.0424. The van der Waals surface area contributed by atoms with Gasteiger partial charge in [-0.3, -0.25) is 19.1 Å². The van der Waals surface area contributed by atoms with Gasteiger partial charge in [-0.05, 0) is 72.9 Å². The van der Waals surface area contributed by atoms with Crippen LogP contribution in [0.25, 0.3) is 11.0 Å². The molecule has 6 rings (SSSR count). The lowest BCUT2D eigenvalue weighted by Gasteiger charge is -2.48. The van der Waals surface area contributed by atoms with E-state index in [2.05, 4.69) is 15.4 Å². The van der Waals surface area contributed by atoms with Gasteiger partial charge in [0.05, 0.1) is 5.39 Å². The summed E-state index contributed by atoms with van der Waals surface area (Å²) in [6.07, 6.45) is 11.5. The molecule has 1 aliphatic heterocycles. The van der Waals surface area contributed by atoms with Crippen molar-refractivity contribution < 1.29 is 14.0 Å². The largest absolute Gasteiger partial charge is 0.451 e. The SMILES string of the molecule is CN(C)c1ccc2oc(C(=O)N[C@H](Cc3ccc(Cl)cc3)C(=O)N3CCC(Cn4cncn4)(C4CCCCC4)CC3)cc(=O)c2c1. The Hall–Kier alpha value is -4.18. The van der Waals surface area contributed by atoms with Crippen molar-refractivity contribution in [1.82, 2.24) is 25.0 Å². The third kappa shape index (κ3) is 6.97. The molecule has 2 aromatic carbocycles. The second-order valence-electron chi connectivity index (χ2n) is 13.0. The number of fused-ring (bicyclic) bond motifs is 1. The van der Waals surface area contributed by atoms with Gasteiger partial charge in [0.1, 0.15) is 24.3 Å². The summed E-state index contributed by atoms with van der Waals surface area (Å²) >= 11 is 6.13. The van der Waals surface area contributed by atoms with E-state index in [9.17, 15) is 14.4 Å². The molecule has 1 N–H and O–H groups in total. The Morgan fingerprint density at radius 1 is 1.07 bits per heavy atom. The smallest absolute Gasteiger partial charge is 0.287 e. The van der Waals surface area contributed by atoms with E-state index in [1.807, 2.05) is 46.8 Å². The predicted molar refractivity (Wildman–Crippen MR) is 178 cm³/mol. The van der Waals surface area contributed by atoms with E-state index in [4.69, 9.17) is 16.0 Å². The normalized spacial score (nSPS) is 17.5. The number of nitrogens with zero attached hydrogens (tertiary/aromatic N) is 5. The first kappa shape index (κ1) is 31.8. The zero-order chi connectivity index (χ0) is 32.3. The number of anilines is 1. The molecule has 0 spiro atoms. The number of carbonyl (C=O) groups excluding carboxylic acids is 2. The van der Waals surface area contributed by atoms with Gasteiger partial charge in [0.15, 0.2) is 11.2 Å². The van der Waals surface area contributed by atoms with Crippen LogP contribution >= 0.6 is 11.6 Å². The molecule has 1 aliphatic carbocycles. The van der Waals surface area contributed by atoms with Crippen LogP contribution in [0.1, 0.15) is 61.1 Å². The fourth-order valence-corrected chi connectivity index (χ4v) is 7.39. The number of aromatic nitrogens is 3. The van der Waals surface area contributed by atoms with E-state index in [0.29, 0.717) is 35.0 Å². The second-order valence-corrected chi connectivity index (χ2v) is 13.5. The van der Waals surface area contributed by atoms with Crippen LogP contribution in [0.5, 0.6) is 0 Å². The molecule has 242 valence electrons. The number of amides is 2. The molecule has 3 heterocycles. The minimum Gasteiger partial charge on any atom is -0.451 e. The molecular formula is C35H41ClN6O4. The number of halogens is 1. The highest BCUT2D eigenvalue weighted by Crippen LogP contribution is 2.47. The summed E-state index contributed by atoms with van der Waals surface area (Å²) < 4.78 is 7.83. The van der Waals surface area contributed by atoms with E-state index in [0.717, 1.165) is 30.6 Å². The first-order chi connectivity index (χ1) is 22.2. The molecule has 1 atom stereocenters. The second kappa shape index (κ2) is 13.7. The van der Waals surface area contributed by atoms with Crippen LogP contribution in [0.4, 0.5) is 5.69 Å². The topological polar surface area (TPSA) is 114 Å². The van der Waals surface area contributed by atoms with E-state index in [-0.39, 0.29) is 28.9 Å². The Labute approximate surface area is 273 Å². The molecule has 1 saturated heterocycles. The Morgan fingerprint density at radius 2 is 1.80 bits per heavy atom. The van der Waals surface area contributed by atoms with Crippen LogP contribution in [-0.4, -0.2) is 64.7 Å². The number of benzene rings is 2. The lowest BCUT2D eigenvalue weighted by molar-refractivity contribution is -0.136. The van der Waals surface area contributed by atoms with Crippen molar-refractivity contribution in [3.05, 3.63) is 87.8 Å². The molecule has 0 bridgehead atoms. The molecule has 2 aliphatic rings. The quantitative estimate of drug-likeness (QED) is 0.262. The third-order valence-corrected chi connectivity index (χ3v) is 10.1. The fourth-order valence-electron chi connectivity index (χ4n) is 7.26. The fraction of sp³-hybridized carbons (Fsp3) is 0.457. The van der Waals surface area contributed by atoms with Crippen LogP contribution < -0.4 is 15.6 Å². The standard InChI is InChI=1S/C35H41ClN6O4/c1-40(2)27-12-13-31-28(19-27)30(43)20-32(46-31)33(44)39-29(18-24-8-10-26(36)11-9-24)34(45)41-16-14-35(15-17-41,21-42-23-37-22-38-42)25-6-4-3-5-7-25/h8-13,19-20,22-23,25,29H,3-7,14-18,21H2,1-2H3,(H,39,44)/t29-/m1/s1. The van der Waals surface area contributed by atoms with Crippen molar-refractivity contribution >= 4 is 40.1 Å². The van der Waals surface area contributed by atoms with E-state index >= 15 is 0 Å². The Morgan fingerprint density at radius 3 is 2.48 bits per heavy atom. The number of rotatable bonds is 9. The van der Waals surface area contributed by atoms with E-state index in [1.54, 1.807) is 36.9 Å². The highest BCUT2D eigenvalue weighted by molar-refractivity contribution is 6.30. The van der Waals surface area contributed by atoms with Crippen LogP contribution in [0.3, 0.4) is 0 Å². The summed E-state index contributed by atoms with van der Waals surface area (Å²) in [6.45, 7) is 1.98. The van der Waals surface area contributed by atoms with Gasteiger partial charge in [-0.1, -0.05) is 43.0 Å². The van der Waals surface area contributed by atoms with Crippen LogP contribution in [0, 0.1) is 11.3 Å². The number of hydrogen-bond donors (Lipinski definition) is 1. The van der Waals surface area contributed by atoms with Gasteiger partial charge < -0.3 is 19.5 Å². The van der Waals surface area contributed by atoms with Crippen LogP contribution in [0.2, 0.25) is 5.02 Å². The first-order valence-corrected chi connectivity index (χ1v) is 16.5. The summed E-state index contributed by atoms with van der Waals surface area (Å²) in [7, 11) is 3.77. The Kier molecular flexibility index (Phi) is 9.44. The molecule has 46 heavy (non-hydrogen) atoms. The number of hydrogen-bond acceptors (Lipinski definition) is 7. The highest BCUT2D eigenvalue weighted by atomic mass is 35.5. The summed E-state index contributed by atoms with van der Waals surface area (Å²) in [5, 5.41) is 8.31. The molecule has 2 amide bonds. The van der Waals surface area contributed by atoms with Crippen molar-refractivity contribution in [2.45, 2.75) is 64.0 Å². The maximum atomic E-state index is 14.2. The maximum Gasteiger partial charge on any atom is 0.287 e. The lowest BCUT2D eigenvalue weighted by atomic mass is 9.63. The van der Waals surface area contributed by atoms with Gasteiger partial charge in [-0.15, -0.1) is 0 Å². The molecule has 1 saturated carbocycles. The Balaban J connectivity index is 1.22. The number of carbonyl (C=O) groups is 2. The van der Waals surface area contributed by atoms with Gasteiger partial charge in [0.2, 0.25) is 5.91 Å². The van der Waals surface area contributed by atoms with Crippen molar-refractivity contribution in [3.63, 3.8) is 0 Å². The third-order valence-electron chi connectivity index (χ3n) is 9.89. The van der Waals surface area contributed by atoms with Gasteiger partial charge in [-0.25, -0.2) is 4.98 Å². The molecular weight excluding hydrogens is 604 g/mol. The van der Waals surface area contributed by atoms with Gasteiger partial charge in [-0.2, -0.15) is 5.10 Å². The van der Waals surface area contributed by atoms with Crippen molar-refractivity contribution in [2.75, 3.05) is 32.1 Å². The van der Waals surface area contributed by atoms with Crippen molar-refractivity contribution in [3.8, 4) is 0 Å². The molecule has 4 aromatic rings. The average molecular weight is 645 g/mol. The predicted octanol–water partition coefficient (Wildman–Crippen LogP) is 5.33. The average Bonchev–Trinajstić information content (AvgIpc) is 3.58. The Bertz CT molecular complexity index is 1720. The van der Waals surface area contributed by atoms with E-state index < -0.39 is 11.9 Å². The summed E-state index contributed by atoms with van der Waals surface area (Å²) in [6, 6.07) is 12.8. The zero-order valence-electron chi connectivity index (χ0n) is 26.5. The van der Waals surface area contributed by atoms with Crippen molar-refractivity contribution in [1.29, 1.82) is 0 Å². The molecule has 0 unspecified atom stereocenters. The van der Waals surface area contributed by atoms with Crippen molar-refractivity contribution in [2.24, 2.45) is 11.3 Å². The monoisotopic (exact) mass is 644 g/mol. The van der Waals surface area contributed by atoms with Gasteiger partial charge in [0.25, 0.3) is 5.91 Å². The van der Waals surface area contributed by atoms with Gasteiger partial charge >= 0.3 is 0 Å². The highest BCUT2D eigenvalue weighted by Gasteiger charge is 2.44. The summed E-state index contributed by atoms with van der Waals surface area (Å²) in [5.41, 5.74) is 1.74. The number of likely N-dealkylation sites (tertiary alicyclic amines) is 1. The van der Waals surface area contributed by atoms with E-state index in [1.165, 1.54) is 38.2 Å². The molecule has 0 radical (unpaired) electrons. The summed E-state index contributed by atoms with van der Waals surface area (Å²) in [5.74, 6) is -0.313. The maximum absolute atomic E-state index is 14.2. The zero-order valence-corrected chi connectivity index (χ0v) is 27.2. The van der Waals surface area contributed by atoms with Crippen LogP contribution in [0.15, 0.2) is 70.4 Å². The first-order valence-electron chi connectivity index (χ1n) is 16.1.